The van der Waals surface area contributed by atoms with Crippen molar-refractivity contribution >= 4 is 0 Å². The van der Waals surface area contributed by atoms with Crippen molar-refractivity contribution in [2.45, 2.75) is 65.5 Å². The summed E-state index contributed by atoms with van der Waals surface area (Å²) in [5.74, 6) is 0.725. The number of rotatable bonds is 5. The van der Waals surface area contributed by atoms with Crippen LogP contribution in [0.4, 0.5) is 0 Å². The molecule has 1 atom stereocenters. The molecule has 0 radical (unpaired) electrons. The molecule has 1 aliphatic carbocycles. The Balaban J connectivity index is 2.14. The third kappa shape index (κ3) is 3.38. The second kappa shape index (κ2) is 6.42. The summed E-state index contributed by atoms with van der Waals surface area (Å²) in [4.78, 5) is 0. The molecule has 0 aliphatic heterocycles. The maximum absolute atomic E-state index is 3.72. The highest BCUT2D eigenvalue weighted by atomic mass is 15.0. The lowest BCUT2D eigenvalue weighted by molar-refractivity contribution is 0.482. The zero-order chi connectivity index (χ0) is 13.0. The molecule has 0 spiro atoms. The average Bonchev–Trinajstić information content (AvgIpc) is 2.61. The van der Waals surface area contributed by atoms with Gasteiger partial charge < -0.3 is 9.88 Å². The van der Waals surface area contributed by atoms with Gasteiger partial charge in [0, 0.05) is 25.0 Å². The molecule has 0 amide bonds. The zero-order valence-corrected chi connectivity index (χ0v) is 12.2. The van der Waals surface area contributed by atoms with Crippen LogP contribution in [0.3, 0.4) is 0 Å². The molecule has 1 aromatic rings. The second-order valence-corrected chi connectivity index (χ2v) is 6.08. The van der Waals surface area contributed by atoms with E-state index in [2.05, 4.69) is 43.0 Å². The van der Waals surface area contributed by atoms with Gasteiger partial charge in [-0.05, 0) is 49.3 Å². The summed E-state index contributed by atoms with van der Waals surface area (Å²) in [6.07, 6.45) is 11.3. The number of aryl methyl sites for hydroxylation is 1. The fraction of sp³-hybridized carbons (Fsp3) is 0.750. The van der Waals surface area contributed by atoms with Crippen LogP contribution in [0.2, 0.25) is 0 Å². The molecule has 1 heterocycles. The van der Waals surface area contributed by atoms with Crippen LogP contribution in [0.5, 0.6) is 0 Å². The van der Waals surface area contributed by atoms with E-state index in [1.165, 1.54) is 32.1 Å². The van der Waals surface area contributed by atoms with E-state index in [1.54, 1.807) is 11.1 Å². The molecule has 1 aliphatic rings. The van der Waals surface area contributed by atoms with E-state index >= 15 is 0 Å². The Kier molecular flexibility index (Phi) is 4.87. The van der Waals surface area contributed by atoms with E-state index in [-0.39, 0.29) is 0 Å². The molecule has 2 rings (SSSR count). The van der Waals surface area contributed by atoms with Gasteiger partial charge in [-0.1, -0.05) is 27.2 Å². The quantitative estimate of drug-likeness (QED) is 0.782. The predicted molar refractivity (Wildman–Crippen MR) is 77.9 cm³/mol. The van der Waals surface area contributed by atoms with Crippen molar-refractivity contribution in [3.8, 4) is 0 Å². The molecule has 0 saturated heterocycles. The smallest absolute Gasteiger partial charge is 0.0338 e. The van der Waals surface area contributed by atoms with Gasteiger partial charge in [0.05, 0.1) is 0 Å². The van der Waals surface area contributed by atoms with Crippen molar-refractivity contribution in [2.24, 2.45) is 5.92 Å². The molecule has 0 bridgehead atoms. The number of aromatic nitrogens is 1. The monoisotopic (exact) mass is 248 g/mol. The molecular weight excluding hydrogens is 220 g/mol. The number of hydrogen-bond donors (Lipinski definition) is 1. The van der Waals surface area contributed by atoms with Gasteiger partial charge >= 0.3 is 0 Å². The van der Waals surface area contributed by atoms with E-state index in [1.807, 2.05) is 0 Å². The largest absolute Gasteiger partial charge is 0.353 e. The maximum atomic E-state index is 3.72. The first-order chi connectivity index (χ1) is 8.70. The Morgan fingerprint density at radius 1 is 1.33 bits per heavy atom. The highest BCUT2D eigenvalue weighted by molar-refractivity contribution is 5.29. The van der Waals surface area contributed by atoms with Gasteiger partial charge in [-0.3, -0.25) is 0 Å². The van der Waals surface area contributed by atoms with Crippen LogP contribution in [0.15, 0.2) is 12.4 Å². The van der Waals surface area contributed by atoms with E-state index in [0.717, 1.165) is 19.0 Å². The summed E-state index contributed by atoms with van der Waals surface area (Å²) in [5, 5.41) is 3.72. The number of fused-ring (bicyclic) bond motifs is 1. The molecule has 0 saturated carbocycles. The SMILES string of the molecule is CCCNC1CCCCc2cn(CC(C)C)cc21. The molecule has 18 heavy (non-hydrogen) atoms. The van der Waals surface area contributed by atoms with E-state index in [0.29, 0.717) is 6.04 Å². The Morgan fingerprint density at radius 2 is 2.17 bits per heavy atom. The fourth-order valence-electron chi connectivity index (χ4n) is 2.97. The second-order valence-electron chi connectivity index (χ2n) is 6.08. The fourth-order valence-corrected chi connectivity index (χ4v) is 2.97. The van der Waals surface area contributed by atoms with Crippen LogP contribution in [0.25, 0.3) is 0 Å². The lowest BCUT2D eigenvalue weighted by Crippen LogP contribution is -2.21. The van der Waals surface area contributed by atoms with Crippen LogP contribution in [0, 0.1) is 5.92 Å². The van der Waals surface area contributed by atoms with Crippen molar-refractivity contribution in [1.29, 1.82) is 0 Å². The van der Waals surface area contributed by atoms with Crippen molar-refractivity contribution < 1.29 is 0 Å². The van der Waals surface area contributed by atoms with Gasteiger partial charge in [0.15, 0.2) is 0 Å². The Labute approximate surface area is 112 Å². The lowest BCUT2D eigenvalue weighted by Gasteiger charge is -2.16. The zero-order valence-electron chi connectivity index (χ0n) is 12.2. The van der Waals surface area contributed by atoms with E-state index < -0.39 is 0 Å². The molecule has 102 valence electrons. The maximum Gasteiger partial charge on any atom is 0.0338 e. The van der Waals surface area contributed by atoms with Crippen LogP contribution in [0.1, 0.15) is 63.6 Å². The standard InChI is InChI=1S/C16H28N2/c1-4-9-17-16-8-6-5-7-14-11-18(10-13(2)3)12-15(14)16/h11-13,16-17H,4-10H2,1-3H3. The molecule has 1 aromatic heterocycles. The van der Waals surface area contributed by atoms with Gasteiger partial charge in [-0.25, -0.2) is 0 Å². The van der Waals surface area contributed by atoms with E-state index in [4.69, 9.17) is 0 Å². The van der Waals surface area contributed by atoms with Crippen molar-refractivity contribution in [3.63, 3.8) is 0 Å². The lowest BCUT2D eigenvalue weighted by atomic mass is 10.0. The average molecular weight is 248 g/mol. The first-order valence-corrected chi connectivity index (χ1v) is 7.62. The van der Waals surface area contributed by atoms with Crippen LogP contribution in [-0.2, 0) is 13.0 Å². The van der Waals surface area contributed by atoms with Gasteiger partial charge in [0.25, 0.3) is 0 Å². The first-order valence-electron chi connectivity index (χ1n) is 7.62. The third-order valence-corrected chi connectivity index (χ3v) is 3.78. The number of hydrogen-bond acceptors (Lipinski definition) is 1. The first kappa shape index (κ1) is 13.7. The third-order valence-electron chi connectivity index (χ3n) is 3.78. The predicted octanol–water partition coefficient (Wildman–Crippen LogP) is 3.91. The minimum absolute atomic E-state index is 0.593. The summed E-state index contributed by atoms with van der Waals surface area (Å²) in [7, 11) is 0. The summed E-state index contributed by atoms with van der Waals surface area (Å²) in [6.45, 7) is 9.11. The summed E-state index contributed by atoms with van der Waals surface area (Å²) in [6, 6.07) is 0.593. The highest BCUT2D eigenvalue weighted by Crippen LogP contribution is 2.29. The number of nitrogens with one attached hydrogen (secondary N) is 1. The van der Waals surface area contributed by atoms with Crippen LogP contribution >= 0.6 is 0 Å². The number of nitrogens with zero attached hydrogens (tertiary/aromatic N) is 1. The molecule has 1 unspecified atom stereocenters. The van der Waals surface area contributed by atoms with Gasteiger partial charge in [0.1, 0.15) is 0 Å². The van der Waals surface area contributed by atoms with Crippen molar-refractivity contribution in [3.05, 3.63) is 23.5 Å². The summed E-state index contributed by atoms with van der Waals surface area (Å²) in [5.41, 5.74) is 3.16. The highest BCUT2D eigenvalue weighted by Gasteiger charge is 2.19. The molecule has 1 N–H and O–H groups in total. The minimum Gasteiger partial charge on any atom is -0.353 e. The molecule has 2 heteroatoms. The normalized spacial score (nSPS) is 19.9. The summed E-state index contributed by atoms with van der Waals surface area (Å²) >= 11 is 0. The van der Waals surface area contributed by atoms with Gasteiger partial charge in [-0.2, -0.15) is 0 Å². The molecule has 0 fully saturated rings. The van der Waals surface area contributed by atoms with Crippen LogP contribution < -0.4 is 5.32 Å². The van der Waals surface area contributed by atoms with Gasteiger partial charge in [0.2, 0.25) is 0 Å². The Morgan fingerprint density at radius 3 is 2.89 bits per heavy atom. The van der Waals surface area contributed by atoms with Gasteiger partial charge in [-0.15, -0.1) is 0 Å². The molecule has 2 nitrogen and oxygen atoms in total. The topological polar surface area (TPSA) is 17.0 Å². The van der Waals surface area contributed by atoms with Crippen molar-refractivity contribution in [2.75, 3.05) is 6.54 Å². The Hall–Kier alpha value is -0.760. The Bertz CT molecular complexity index is 365. The molecule has 0 aromatic carbocycles. The van der Waals surface area contributed by atoms with E-state index in [9.17, 15) is 0 Å². The van der Waals surface area contributed by atoms with Crippen molar-refractivity contribution in [1.82, 2.24) is 9.88 Å². The summed E-state index contributed by atoms with van der Waals surface area (Å²) < 4.78 is 2.40. The molecular formula is C16H28N2. The minimum atomic E-state index is 0.593. The van der Waals surface area contributed by atoms with Crippen LogP contribution in [-0.4, -0.2) is 11.1 Å².